The van der Waals surface area contributed by atoms with Gasteiger partial charge in [-0.2, -0.15) is 0 Å². The second-order valence-electron chi connectivity index (χ2n) is 1.73. The first-order valence-electron chi connectivity index (χ1n) is 2.55. The SMILES string of the molecule is Cc1nccnc1C.[Pb]. The van der Waals surface area contributed by atoms with E-state index in [-0.39, 0.29) is 27.3 Å². The Morgan fingerprint density at radius 3 is 1.56 bits per heavy atom. The van der Waals surface area contributed by atoms with Crippen LogP contribution in [0, 0.1) is 13.8 Å². The molecule has 1 rings (SSSR count). The molecule has 0 bridgehead atoms. The number of rotatable bonds is 0. The zero-order valence-corrected chi connectivity index (χ0v) is 9.44. The smallest absolute Gasteiger partial charge is 0.0584 e. The average Bonchev–Trinajstić information content (AvgIpc) is 1.77. The predicted molar refractivity (Wildman–Crippen MR) is 37.3 cm³/mol. The molecule has 0 saturated heterocycles. The van der Waals surface area contributed by atoms with E-state index in [0.29, 0.717) is 0 Å². The second-order valence-corrected chi connectivity index (χ2v) is 1.73. The summed E-state index contributed by atoms with van der Waals surface area (Å²) in [5.41, 5.74) is 2.01. The molecule has 1 aromatic rings. The Kier molecular flexibility index (Phi) is 3.92. The fourth-order valence-corrected chi connectivity index (χ4v) is 0.477. The third-order valence-corrected chi connectivity index (χ3v) is 1.13. The van der Waals surface area contributed by atoms with Crippen LogP contribution in [0.25, 0.3) is 0 Å². The summed E-state index contributed by atoms with van der Waals surface area (Å²) in [6.45, 7) is 3.89. The van der Waals surface area contributed by atoms with Crippen LogP contribution in [0.5, 0.6) is 0 Å². The number of aromatic nitrogens is 2. The van der Waals surface area contributed by atoms with Gasteiger partial charge in [-0.05, 0) is 13.8 Å². The second kappa shape index (κ2) is 3.92. The molecular formula is C6H8N2Pb. The van der Waals surface area contributed by atoms with Gasteiger partial charge in [-0.25, -0.2) is 0 Å². The Bertz CT molecular complexity index is 167. The van der Waals surface area contributed by atoms with E-state index in [1.807, 2.05) is 13.8 Å². The molecule has 4 radical (unpaired) electrons. The van der Waals surface area contributed by atoms with Crippen molar-refractivity contribution in [2.24, 2.45) is 0 Å². The first-order chi connectivity index (χ1) is 3.80. The van der Waals surface area contributed by atoms with Gasteiger partial charge in [0.1, 0.15) is 0 Å². The van der Waals surface area contributed by atoms with Crippen molar-refractivity contribution >= 4 is 27.3 Å². The van der Waals surface area contributed by atoms with E-state index in [0.717, 1.165) is 11.4 Å². The van der Waals surface area contributed by atoms with Crippen molar-refractivity contribution in [3.05, 3.63) is 23.8 Å². The summed E-state index contributed by atoms with van der Waals surface area (Å²) in [5, 5.41) is 0. The fourth-order valence-electron chi connectivity index (χ4n) is 0.477. The van der Waals surface area contributed by atoms with Gasteiger partial charge in [0.2, 0.25) is 0 Å². The molecule has 2 nitrogen and oxygen atoms in total. The zero-order chi connectivity index (χ0) is 5.98. The third-order valence-electron chi connectivity index (χ3n) is 1.13. The maximum Gasteiger partial charge on any atom is 0.0584 e. The Morgan fingerprint density at radius 1 is 1.00 bits per heavy atom. The van der Waals surface area contributed by atoms with Crippen molar-refractivity contribution in [1.82, 2.24) is 9.97 Å². The number of hydrogen-bond acceptors (Lipinski definition) is 2. The molecule has 0 aliphatic heterocycles. The minimum absolute atomic E-state index is 0. The molecule has 1 aromatic heterocycles. The molecule has 1 heterocycles. The fraction of sp³-hybridized carbons (Fsp3) is 0.333. The van der Waals surface area contributed by atoms with E-state index in [2.05, 4.69) is 9.97 Å². The van der Waals surface area contributed by atoms with Crippen LogP contribution in [0.4, 0.5) is 0 Å². The zero-order valence-electron chi connectivity index (χ0n) is 5.55. The topological polar surface area (TPSA) is 25.8 Å². The quantitative estimate of drug-likeness (QED) is 0.659. The van der Waals surface area contributed by atoms with Crippen molar-refractivity contribution in [2.45, 2.75) is 13.8 Å². The molecule has 0 saturated carbocycles. The Balaban J connectivity index is 0.000000640. The van der Waals surface area contributed by atoms with Gasteiger partial charge < -0.3 is 0 Å². The molecule has 9 heavy (non-hydrogen) atoms. The van der Waals surface area contributed by atoms with Gasteiger partial charge in [0.25, 0.3) is 0 Å². The van der Waals surface area contributed by atoms with Gasteiger partial charge in [0, 0.05) is 39.7 Å². The number of hydrogen-bond donors (Lipinski definition) is 0. The Hall–Kier alpha value is 0.00208. The van der Waals surface area contributed by atoms with E-state index in [4.69, 9.17) is 0 Å². The predicted octanol–water partition coefficient (Wildman–Crippen LogP) is 0.713. The standard InChI is InChI=1S/C6H8N2.Pb/c1-5-6(2)8-4-3-7-5;/h3-4H,1-2H3;. The molecule has 0 unspecified atom stereocenters. The van der Waals surface area contributed by atoms with E-state index in [1.54, 1.807) is 12.4 Å². The van der Waals surface area contributed by atoms with Crippen LogP contribution < -0.4 is 0 Å². The van der Waals surface area contributed by atoms with Crippen LogP contribution in [0.15, 0.2) is 12.4 Å². The van der Waals surface area contributed by atoms with Crippen LogP contribution in [0.1, 0.15) is 11.4 Å². The molecule has 0 N–H and O–H groups in total. The van der Waals surface area contributed by atoms with E-state index >= 15 is 0 Å². The minimum Gasteiger partial charge on any atom is -0.258 e. The average molecular weight is 315 g/mol. The maximum absolute atomic E-state index is 4.02. The molecule has 0 aliphatic rings. The number of nitrogens with zero attached hydrogens (tertiary/aromatic N) is 2. The molecule has 0 amide bonds. The third kappa shape index (κ3) is 2.38. The van der Waals surface area contributed by atoms with Crippen LogP contribution in [-0.4, -0.2) is 37.3 Å². The number of aryl methyl sites for hydroxylation is 2. The summed E-state index contributed by atoms with van der Waals surface area (Å²) in [4.78, 5) is 8.03. The van der Waals surface area contributed by atoms with Crippen LogP contribution >= 0.6 is 0 Å². The monoisotopic (exact) mass is 316 g/mol. The summed E-state index contributed by atoms with van der Waals surface area (Å²) in [6, 6.07) is 0. The first kappa shape index (κ1) is 9.00. The summed E-state index contributed by atoms with van der Waals surface area (Å²) < 4.78 is 0. The van der Waals surface area contributed by atoms with Crippen LogP contribution in [0.2, 0.25) is 0 Å². The van der Waals surface area contributed by atoms with Gasteiger partial charge in [-0.3, -0.25) is 9.97 Å². The molecule has 0 fully saturated rings. The molecule has 0 atom stereocenters. The maximum atomic E-state index is 4.02. The van der Waals surface area contributed by atoms with Crippen LogP contribution in [0.3, 0.4) is 0 Å². The minimum atomic E-state index is 0. The van der Waals surface area contributed by atoms with Gasteiger partial charge in [-0.15, -0.1) is 0 Å². The Labute approximate surface area is 74.9 Å². The van der Waals surface area contributed by atoms with Crippen molar-refractivity contribution in [2.75, 3.05) is 0 Å². The van der Waals surface area contributed by atoms with Gasteiger partial charge in [0.15, 0.2) is 0 Å². The summed E-state index contributed by atoms with van der Waals surface area (Å²) >= 11 is 0. The molecule has 46 valence electrons. The van der Waals surface area contributed by atoms with Crippen molar-refractivity contribution in [1.29, 1.82) is 0 Å². The van der Waals surface area contributed by atoms with E-state index < -0.39 is 0 Å². The van der Waals surface area contributed by atoms with Crippen molar-refractivity contribution in [3.8, 4) is 0 Å². The molecule has 0 aromatic carbocycles. The van der Waals surface area contributed by atoms with Gasteiger partial charge >= 0.3 is 0 Å². The first-order valence-corrected chi connectivity index (χ1v) is 2.55. The summed E-state index contributed by atoms with van der Waals surface area (Å²) in [5.74, 6) is 0. The summed E-state index contributed by atoms with van der Waals surface area (Å²) in [7, 11) is 0. The van der Waals surface area contributed by atoms with Crippen molar-refractivity contribution in [3.63, 3.8) is 0 Å². The van der Waals surface area contributed by atoms with E-state index in [1.165, 1.54) is 0 Å². The van der Waals surface area contributed by atoms with Crippen molar-refractivity contribution < 1.29 is 0 Å². The van der Waals surface area contributed by atoms with Gasteiger partial charge in [0.05, 0.1) is 11.4 Å². The molecule has 0 spiro atoms. The van der Waals surface area contributed by atoms with E-state index in [9.17, 15) is 0 Å². The molecule has 3 heteroatoms. The molecule has 0 aliphatic carbocycles. The summed E-state index contributed by atoms with van der Waals surface area (Å²) in [6.07, 6.45) is 3.39. The molecular weight excluding hydrogens is 307 g/mol. The van der Waals surface area contributed by atoms with Gasteiger partial charge in [-0.1, -0.05) is 0 Å². The van der Waals surface area contributed by atoms with Crippen LogP contribution in [-0.2, 0) is 0 Å². The largest absolute Gasteiger partial charge is 0.258 e. The normalized spacial score (nSPS) is 8.22. The Morgan fingerprint density at radius 2 is 1.33 bits per heavy atom.